The summed E-state index contributed by atoms with van der Waals surface area (Å²) in [4.78, 5) is 0. The van der Waals surface area contributed by atoms with Crippen LogP contribution in [0.1, 0.15) is 6.42 Å². The molecule has 0 aromatic rings. The van der Waals surface area contributed by atoms with E-state index >= 15 is 0 Å². The molecule has 0 aliphatic carbocycles. The van der Waals surface area contributed by atoms with Crippen LogP contribution in [0.25, 0.3) is 0 Å². The number of hydrogen-bond acceptors (Lipinski definition) is 3. The quantitative estimate of drug-likeness (QED) is 0.252. The third kappa shape index (κ3) is 9.60. The van der Waals surface area contributed by atoms with Crippen molar-refractivity contribution in [2.45, 2.75) is 55.8 Å². The zero-order valence-corrected chi connectivity index (χ0v) is 16.7. The smallest absolute Gasteiger partial charge is 0.748 e. The fourth-order valence-corrected chi connectivity index (χ4v) is 2.23. The molecule has 8 unspecified atom stereocenters. The monoisotopic (exact) mass is 436 g/mol. The SMILES string of the molecule is O=S(=O)([O-])CC(F)C(F)C(F)C(F)C(F)C(F)C(F)C(F)CCF.[K+]. The maximum Gasteiger partial charge on any atom is 1.00 e. The maximum atomic E-state index is 13.3. The van der Waals surface area contributed by atoms with Gasteiger partial charge < -0.3 is 4.55 Å². The van der Waals surface area contributed by atoms with Crippen LogP contribution in [0.3, 0.4) is 0 Å². The molecule has 0 amide bonds. The Hall–Kier alpha value is 0.916. The molecular weight excluding hydrogens is 422 g/mol. The summed E-state index contributed by atoms with van der Waals surface area (Å²) < 4.78 is 148. The number of halogens is 9. The summed E-state index contributed by atoms with van der Waals surface area (Å²) in [6, 6.07) is 0. The Morgan fingerprint density at radius 2 is 1.00 bits per heavy atom. The predicted molar refractivity (Wildman–Crippen MR) is 64.3 cm³/mol. The van der Waals surface area contributed by atoms with Crippen molar-refractivity contribution < 1.29 is 104 Å². The number of alkyl halides is 9. The van der Waals surface area contributed by atoms with Gasteiger partial charge in [-0.25, -0.2) is 43.5 Å². The molecule has 0 aliphatic rings. The third-order valence-electron chi connectivity index (χ3n) is 2.96. The summed E-state index contributed by atoms with van der Waals surface area (Å²) in [6.07, 6.45) is -29.5. The average molecular weight is 436 g/mol. The molecule has 0 aromatic carbocycles. The van der Waals surface area contributed by atoms with Crippen molar-refractivity contribution in [1.29, 1.82) is 0 Å². The number of rotatable bonds is 11. The van der Waals surface area contributed by atoms with Crippen LogP contribution in [-0.4, -0.2) is 74.8 Å². The first-order chi connectivity index (χ1) is 10.8. The first-order valence-electron chi connectivity index (χ1n) is 6.45. The van der Waals surface area contributed by atoms with Crippen molar-refractivity contribution in [2.75, 3.05) is 12.4 Å². The largest absolute Gasteiger partial charge is 1.00 e. The molecule has 0 aromatic heterocycles. The van der Waals surface area contributed by atoms with Crippen molar-refractivity contribution in [3.05, 3.63) is 0 Å². The van der Waals surface area contributed by atoms with Crippen LogP contribution in [-0.2, 0) is 10.1 Å². The van der Waals surface area contributed by atoms with E-state index in [0.29, 0.717) is 0 Å². The Labute approximate surface area is 180 Å². The molecule has 0 aliphatic heterocycles. The summed E-state index contributed by atoms with van der Waals surface area (Å²) in [5.74, 6) is -2.09. The Morgan fingerprint density at radius 1 is 0.680 bits per heavy atom. The van der Waals surface area contributed by atoms with Gasteiger partial charge >= 0.3 is 51.4 Å². The van der Waals surface area contributed by atoms with E-state index in [-0.39, 0.29) is 51.4 Å². The van der Waals surface area contributed by atoms with Crippen molar-refractivity contribution >= 4 is 10.1 Å². The van der Waals surface area contributed by atoms with Crippen molar-refractivity contribution in [3.8, 4) is 0 Å². The van der Waals surface area contributed by atoms with Crippen molar-refractivity contribution in [1.82, 2.24) is 0 Å². The van der Waals surface area contributed by atoms with Crippen LogP contribution in [0.15, 0.2) is 0 Å². The maximum absolute atomic E-state index is 13.3. The summed E-state index contributed by atoms with van der Waals surface area (Å²) in [7, 11) is -5.36. The van der Waals surface area contributed by atoms with Gasteiger partial charge in [0.05, 0.1) is 22.5 Å². The van der Waals surface area contributed by atoms with Crippen molar-refractivity contribution in [3.63, 3.8) is 0 Å². The topological polar surface area (TPSA) is 57.2 Å². The van der Waals surface area contributed by atoms with E-state index < -0.39 is 78.3 Å². The molecule has 14 heteroatoms. The van der Waals surface area contributed by atoms with Crippen LogP contribution in [0, 0.1) is 0 Å². The van der Waals surface area contributed by atoms with Gasteiger partial charge in [0.2, 0.25) is 0 Å². The summed E-state index contributed by atoms with van der Waals surface area (Å²) in [6.45, 7) is -1.45. The zero-order chi connectivity index (χ0) is 19.2. The predicted octanol–water partition coefficient (Wildman–Crippen LogP) is -0.400. The second-order valence-corrected chi connectivity index (χ2v) is 6.35. The molecule has 3 nitrogen and oxygen atoms in total. The van der Waals surface area contributed by atoms with Gasteiger partial charge in [-0.15, -0.1) is 0 Å². The minimum Gasteiger partial charge on any atom is -0.748 e. The van der Waals surface area contributed by atoms with E-state index in [1.807, 2.05) is 0 Å². The molecule has 0 heterocycles. The second-order valence-electron chi connectivity index (χ2n) is 4.90. The summed E-state index contributed by atoms with van der Waals surface area (Å²) in [5.41, 5.74) is 0. The second kappa shape index (κ2) is 12.4. The molecule has 0 N–H and O–H groups in total. The third-order valence-corrected chi connectivity index (χ3v) is 3.69. The van der Waals surface area contributed by atoms with Crippen LogP contribution < -0.4 is 51.4 Å². The first-order valence-corrected chi connectivity index (χ1v) is 8.03. The molecule has 25 heavy (non-hydrogen) atoms. The standard InChI is InChI=1S/C11H15F9O3S.K/c12-2-1-4(13)6(15)8(17)10(19)11(20)9(18)7(16)5(14)3-24(21,22)23;/h4-11H,1-3H2,(H,21,22,23);/q;+1/p-1. The molecule has 8 atom stereocenters. The van der Waals surface area contributed by atoms with Crippen LogP contribution >= 0.6 is 0 Å². The van der Waals surface area contributed by atoms with Gasteiger partial charge in [0.25, 0.3) is 0 Å². The van der Waals surface area contributed by atoms with Crippen LogP contribution in [0.5, 0.6) is 0 Å². The normalized spacial score (nSPS) is 22.0. The van der Waals surface area contributed by atoms with Gasteiger partial charge in [0.15, 0.2) is 37.0 Å². The molecule has 0 spiro atoms. The Kier molecular flexibility index (Phi) is 13.9. The number of hydrogen-bond donors (Lipinski definition) is 0. The molecule has 0 rings (SSSR count). The van der Waals surface area contributed by atoms with Gasteiger partial charge in [0.1, 0.15) is 12.3 Å². The van der Waals surface area contributed by atoms with Gasteiger partial charge in [-0.2, -0.15) is 0 Å². The molecule has 146 valence electrons. The molecule has 0 saturated heterocycles. The molecule has 0 radical (unpaired) electrons. The van der Waals surface area contributed by atoms with Gasteiger partial charge in [-0.1, -0.05) is 0 Å². The van der Waals surface area contributed by atoms with E-state index in [1.165, 1.54) is 0 Å². The molecule has 0 fully saturated rings. The summed E-state index contributed by atoms with van der Waals surface area (Å²) in [5, 5.41) is 0. The van der Waals surface area contributed by atoms with E-state index in [1.54, 1.807) is 0 Å². The fourth-order valence-electron chi connectivity index (χ4n) is 1.65. The Bertz CT molecular complexity index is 472. The van der Waals surface area contributed by atoms with E-state index in [9.17, 15) is 52.5 Å². The Morgan fingerprint density at radius 3 is 1.32 bits per heavy atom. The first kappa shape index (κ1) is 28.1. The molecule has 0 bridgehead atoms. The summed E-state index contributed by atoms with van der Waals surface area (Å²) >= 11 is 0. The average Bonchev–Trinajstić information content (AvgIpc) is 2.48. The molecular formula is C11H14F9KO3S. The zero-order valence-electron chi connectivity index (χ0n) is 12.8. The van der Waals surface area contributed by atoms with Crippen molar-refractivity contribution in [2.24, 2.45) is 0 Å². The van der Waals surface area contributed by atoms with Crippen LogP contribution in [0.2, 0.25) is 0 Å². The van der Waals surface area contributed by atoms with Gasteiger partial charge in [0, 0.05) is 6.42 Å². The van der Waals surface area contributed by atoms with E-state index in [4.69, 9.17) is 0 Å². The minimum atomic E-state index is -5.36. The molecule has 0 saturated carbocycles. The van der Waals surface area contributed by atoms with Gasteiger partial charge in [-0.3, -0.25) is 4.39 Å². The Balaban J connectivity index is 0. The van der Waals surface area contributed by atoms with Gasteiger partial charge in [-0.05, 0) is 0 Å². The fraction of sp³-hybridized carbons (Fsp3) is 1.00. The minimum absolute atomic E-state index is 0. The van der Waals surface area contributed by atoms with Crippen LogP contribution in [0.4, 0.5) is 39.5 Å². The van der Waals surface area contributed by atoms with E-state index in [2.05, 4.69) is 0 Å². The van der Waals surface area contributed by atoms with E-state index in [0.717, 1.165) is 0 Å².